The fourth-order valence-electron chi connectivity index (χ4n) is 1.75. The molecule has 1 aliphatic rings. The Morgan fingerprint density at radius 2 is 2.00 bits per heavy atom. The van der Waals surface area contributed by atoms with E-state index in [2.05, 4.69) is 0 Å². The van der Waals surface area contributed by atoms with Crippen molar-refractivity contribution in [2.45, 2.75) is 45.3 Å². The van der Waals surface area contributed by atoms with Crippen molar-refractivity contribution in [3.63, 3.8) is 0 Å². The summed E-state index contributed by atoms with van der Waals surface area (Å²) in [5.41, 5.74) is 0. The predicted octanol–water partition coefficient (Wildman–Crippen LogP) is 2.26. The van der Waals surface area contributed by atoms with Crippen LogP contribution in [0.1, 0.15) is 40.5 Å². The molecule has 16 heavy (non-hydrogen) atoms. The minimum atomic E-state index is -3.00. The number of hydrogen-bond donors (Lipinski definition) is 0. The third kappa shape index (κ3) is 2.98. The van der Waals surface area contributed by atoms with Gasteiger partial charge in [-0.05, 0) is 38.5 Å². The standard InChI is InChI=1S/C12H24O3S/c1-10(2)12(3,4)16(13,14)8-6-11-5-7-15-9-11/h10-11H,5-9H2,1-4H3/t11-/m1/s1. The molecular weight excluding hydrogens is 224 g/mol. The summed E-state index contributed by atoms with van der Waals surface area (Å²) in [5, 5.41) is 0. The number of ether oxygens (including phenoxy) is 1. The van der Waals surface area contributed by atoms with Crippen LogP contribution in [0.15, 0.2) is 0 Å². The Morgan fingerprint density at radius 3 is 2.44 bits per heavy atom. The normalized spacial score (nSPS) is 22.9. The molecule has 1 rings (SSSR count). The van der Waals surface area contributed by atoms with Crippen LogP contribution in [0.25, 0.3) is 0 Å². The minimum absolute atomic E-state index is 0.150. The highest BCUT2D eigenvalue weighted by Gasteiger charge is 2.37. The van der Waals surface area contributed by atoms with Crippen molar-refractivity contribution in [1.29, 1.82) is 0 Å². The van der Waals surface area contributed by atoms with E-state index in [9.17, 15) is 8.42 Å². The maximum atomic E-state index is 12.2. The van der Waals surface area contributed by atoms with Crippen molar-refractivity contribution >= 4 is 9.84 Å². The third-order valence-corrected chi connectivity index (χ3v) is 6.86. The lowest BCUT2D eigenvalue weighted by atomic mass is 10.00. The van der Waals surface area contributed by atoms with Gasteiger partial charge < -0.3 is 4.74 Å². The van der Waals surface area contributed by atoms with Gasteiger partial charge in [-0.1, -0.05) is 13.8 Å². The summed E-state index contributed by atoms with van der Waals surface area (Å²) in [7, 11) is -3.00. The summed E-state index contributed by atoms with van der Waals surface area (Å²) in [6.45, 7) is 9.12. The fraction of sp³-hybridized carbons (Fsp3) is 1.00. The summed E-state index contributed by atoms with van der Waals surface area (Å²) < 4.78 is 29.1. The Bertz CT molecular complexity index is 311. The second kappa shape index (κ2) is 5.05. The van der Waals surface area contributed by atoms with Crippen LogP contribution < -0.4 is 0 Å². The molecule has 0 saturated carbocycles. The number of sulfone groups is 1. The third-order valence-electron chi connectivity index (χ3n) is 4.01. The van der Waals surface area contributed by atoms with Crippen LogP contribution in [-0.4, -0.2) is 32.1 Å². The van der Waals surface area contributed by atoms with Crippen LogP contribution in [0, 0.1) is 11.8 Å². The molecule has 0 unspecified atom stereocenters. The molecule has 0 aliphatic carbocycles. The Hall–Kier alpha value is -0.0900. The van der Waals surface area contributed by atoms with Crippen molar-refractivity contribution in [1.82, 2.24) is 0 Å². The second-order valence-electron chi connectivity index (χ2n) is 5.60. The van der Waals surface area contributed by atoms with Crippen LogP contribution in [0.4, 0.5) is 0 Å². The Morgan fingerprint density at radius 1 is 1.38 bits per heavy atom. The molecule has 0 radical (unpaired) electrons. The van der Waals surface area contributed by atoms with Gasteiger partial charge in [0.05, 0.1) is 10.5 Å². The summed E-state index contributed by atoms with van der Waals surface area (Å²) in [6.07, 6.45) is 1.76. The average Bonchev–Trinajstić information content (AvgIpc) is 2.66. The van der Waals surface area contributed by atoms with Gasteiger partial charge in [0.25, 0.3) is 0 Å². The highest BCUT2D eigenvalue weighted by atomic mass is 32.2. The molecule has 1 heterocycles. The molecule has 0 N–H and O–H groups in total. The molecule has 1 aliphatic heterocycles. The van der Waals surface area contributed by atoms with E-state index in [-0.39, 0.29) is 5.92 Å². The molecule has 0 bridgehead atoms. The molecule has 4 heteroatoms. The predicted molar refractivity (Wildman–Crippen MR) is 66.2 cm³/mol. The lowest BCUT2D eigenvalue weighted by Crippen LogP contribution is -2.39. The van der Waals surface area contributed by atoms with Gasteiger partial charge in [0, 0.05) is 13.2 Å². The fourth-order valence-corrected chi connectivity index (χ4v) is 3.64. The molecule has 1 fully saturated rings. The van der Waals surface area contributed by atoms with E-state index in [1.807, 2.05) is 27.7 Å². The smallest absolute Gasteiger partial charge is 0.155 e. The zero-order valence-electron chi connectivity index (χ0n) is 10.8. The van der Waals surface area contributed by atoms with E-state index < -0.39 is 14.6 Å². The SMILES string of the molecule is CC(C)C(C)(C)S(=O)(=O)CC[C@H]1CCOC1. The van der Waals surface area contributed by atoms with E-state index in [4.69, 9.17) is 4.74 Å². The maximum absolute atomic E-state index is 12.2. The Labute approximate surface area is 99.5 Å². The Balaban J connectivity index is 2.57. The van der Waals surface area contributed by atoms with Gasteiger partial charge in [-0.15, -0.1) is 0 Å². The van der Waals surface area contributed by atoms with Gasteiger partial charge in [0.2, 0.25) is 0 Å². The van der Waals surface area contributed by atoms with Gasteiger partial charge in [0.1, 0.15) is 0 Å². The molecule has 0 aromatic carbocycles. The average molecular weight is 248 g/mol. The van der Waals surface area contributed by atoms with Crippen LogP contribution in [0.2, 0.25) is 0 Å². The van der Waals surface area contributed by atoms with E-state index in [1.165, 1.54) is 0 Å². The first-order valence-electron chi connectivity index (χ1n) is 6.07. The number of hydrogen-bond acceptors (Lipinski definition) is 3. The van der Waals surface area contributed by atoms with E-state index in [1.54, 1.807) is 0 Å². The van der Waals surface area contributed by atoms with Crippen LogP contribution in [0.5, 0.6) is 0 Å². The summed E-state index contributed by atoms with van der Waals surface area (Å²) in [5.74, 6) is 0.890. The van der Waals surface area contributed by atoms with E-state index in [0.717, 1.165) is 26.1 Å². The van der Waals surface area contributed by atoms with Crippen LogP contribution in [-0.2, 0) is 14.6 Å². The van der Waals surface area contributed by atoms with Gasteiger partial charge in [-0.3, -0.25) is 0 Å². The van der Waals surface area contributed by atoms with Crippen molar-refractivity contribution in [2.75, 3.05) is 19.0 Å². The highest BCUT2D eigenvalue weighted by Crippen LogP contribution is 2.28. The van der Waals surface area contributed by atoms with Gasteiger partial charge in [-0.25, -0.2) is 8.42 Å². The molecule has 0 aromatic heterocycles. The molecule has 0 amide bonds. The first-order valence-corrected chi connectivity index (χ1v) is 7.72. The van der Waals surface area contributed by atoms with E-state index in [0.29, 0.717) is 11.7 Å². The van der Waals surface area contributed by atoms with Crippen LogP contribution >= 0.6 is 0 Å². The zero-order chi connectivity index (χ0) is 12.4. The molecule has 1 atom stereocenters. The molecule has 96 valence electrons. The quantitative estimate of drug-likeness (QED) is 0.749. The minimum Gasteiger partial charge on any atom is -0.381 e. The number of rotatable bonds is 5. The molecular formula is C12H24O3S. The summed E-state index contributed by atoms with van der Waals surface area (Å²) in [6, 6.07) is 0. The van der Waals surface area contributed by atoms with Crippen molar-refractivity contribution in [2.24, 2.45) is 11.8 Å². The highest BCUT2D eigenvalue weighted by molar-refractivity contribution is 7.92. The van der Waals surface area contributed by atoms with Crippen molar-refractivity contribution in [3.05, 3.63) is 0 Å². The summed E-state index contributed by atoms with van der Waals surface area (Å²) >= 11 is 0. The molecule has 0 spiro atoms. The maximum Gasteiger partial charge on any atom is 0.155 e. The summed E-state index contributed by atoms with van der Waals surface area (Å²) in [4.78, 5) is 0. The topological polar surface area (TPSA) is 43.4 Å². The lowest BCUT2D eigenvalue weighted by Gasteiger charge is -2.29. The lowest BCUT2D eigenvalue weighted by molar-refractivity contribution is 0.185. The second-order valence-corrected chi connectivity index (χ2v) is 8.29. The van der Waals surface area contributed by atoms with Crippen molar-refractivity contribution in [3.8, 4) is 0 Å². The monoisotopic (exact) mass is 248 g/mol. The molecule has 1 saturated heterocycles. The van der Waals surface area contributed by atoms with E-state index >= 15 is 0 Å². The first kappa shape index (κ1) is 14.0. The molecule has 0 aromatic rings. The van der Waals surface area contributed by atoms with Crippen molar-refractivity contribution < 1.29 is 13.2 Å². The Kier molecular flexibility index (Phi) is 4.41. The van der Waals surface area contributed by atoms with Gasteiger partial charge in [-0.2, -0.15) is 0 Å². The first-order chi connectivity index (χ1) is 7.27. The largest absolute Gasteiger partial charge is 0.381 e. The van der Waals surface area contributed by atoms with Gasteiger partial charge in [0.15, 0.2) is 9.84 Å². The van der Waals surface area contributed by atoms with Gasteiger partial charge >= 0.3 is 0 Å². The van der Waals surface area contributed by atoms with Crippen LogP contribution in [0.3, 0.4) is 0 Å². The molecule has 3 nitrogen and oxygen atoms in total. The zero-order valence-corrected chi connectivity index (χ0v) is 11.6.